The quantitative estimate of drug-likeness (QED) is 0.852. The fraction of sp³-hybridized carbons (Fsp3) is 0.556. The third kappa shape index (κ3) is 4.77. The molecule has 1 heterocycles. The summed E-state index contributed by atoms with van der Waals surface area (Å²) < 4.78 is 12.9. The lowest BCUT2D eigenvalue weighted by atomic mass is 9.99. The molecule has 0 unspecified atom stereocenters. The van der Waals surface area contributed by atoms with Crippen molar-refractivity contribution in [2.24, 2.45) is 5.92 Å². The SMILES string of the molecule is CC(C)[C@H]1C(=O)N(C)CCN1CC(=O)NCCc1ccc(F)cc1. The number of amides is 2. The number of carbonyl (C=O) groups is 2. The van der Waals surface area contributed by atoms with Crippen molar-refractivity contribution >= 4 is 11.8 Å². The monoisotopic (exact) mass is 335 g/mol. The molecule has 1 atom stereocenters. The summed E-state index contributed by atoms with van der Waals surface area (Å²) >= 11 is 0. The number of benzene rings is 1. The maximum absolute atomic E-state index is 12.9. The first-order valence-electron chi connectivity index (χ1n) is 8.38. The third-order valence-corrected chi connectivity index (χ3v) is 4.37. The van der Waals surface area contributed by atoms with E-state index in [0.29, 0.717) is 26.1 Å². The summed E-state index contributed by atoms with van der Waals surface area (Å²) in [5.41, 5.74) is 0.978. The second kappa shape index (κ2) is 8.24. The van der Waals surface area contributed by atoms with Crippen LogP contribution in [-0.4, -0.2) is 60.9 Å². The van der Waals surface area contributed by atoms with E-state index in [1.54, 1.807) is 24.1 Å². The van der Waals surface area contributed by atoms with E-state index >= 15 is 0 Å². The van der Waals surface area contributed by atoms with Gasteiger partial charge in [0.2, 0.25) is 11.8 Å². The lowest BCUT2D eigenvalue weighted by molar-refractivity contribution is -0.143. The largest absolute Gasteiger partial charge is 0.355 e. The number of hydrogen-bond acceptors (Lipinski definition) is 3. The number of carbonyl (C=O) groups excluding carboxylic acids is 2. The van der Waals surface area contributed by atoms with Gasteiger partial charge in [0.1, 0.15) is 5.82 Å². The Morgan fingerprint density at radius 1 is 1.29 bits per heavy atom. The van der Waals surface area contributed by atoms with Crippen LogP contribution in [0.5, 0.6) is 0 Å². The molecule has 1 saturated heterocycles. The van der Waals surface area contributed by atoms with Crippen LogP contribution in [0.4, 0.5) is 4.39 Å². The second-order valence-corrected chi connectivity index (χ2v) is 6.65. The zero-order valence-electron chi connectivity index (χ0n) is 14.6. The van der Waals surface area contributed by atoms with Crippen LogP contribution in [0.1, 0.15) is 19.4 Å². The number of halogens is 1. The molecular formula is C18H26FN3O2. The van der Waals surface area contributed by atoms with Gasteiger partial charge in [-0.1, -0.05) is 26.0 Å². The fourth-order valence-corrected chi connectivity index (χ4v) is 3.03. The van der Waals surface area contributed by atoms with Gasteiger partial charge in [-0.15, -0.1) is 0 Å². The zero-order chi connectivity index (χ0) is 17.7. The Balaban J connectivity index is 1.82. The molecule has 1 aliphatic rings. The molecule has 6 heteroatoms. The summed E-state index contributed by atoms with van der Waals surface area (Å²) in [5.74, 6) is -0.106. The van der Waals surface area contributed by atoms with Crippen molar-refractivity contribution in [2.75, 3.05) is 33.2 Å². The Morgan fingerprint density at radius 2 is 1.96 bits per heavy atom. The summed E-state index contributed by atoms with van der Waals surface area (Å²) in [7, 11) is 1.80. The second-order valence-electron chi connectivity index (χ2n) is 6.65. The minimum absolute atomic E-state index is 0.0790. The molecule has 1 aromatic carbocycles. The Morgan fingerprint density at radius 3 is 2.58 bits per heavy atom. The van der Waals surface area contributed by atoms with Crippen LogP contribution in [0.2, 0.25) is 0 Å². The highest BCUT2D eigenvalue weighted by Crippen LogP contribution is 2.17. The third-order valence-electron chi connectivity index (χ3n) is 4.37. The van der Waals surface area contributed by atoms with Gasteiger partial charge in [-0.05, 0) is 30.0 Å². The molecule has 24 heavy (non-hydrogen) atoms. The van der Waals surface area contributed by atoms with Crippen LogP contribution in [0.25, 0.3) is 0 Å². The molecule has 2 amide bonds. The van der Waals surface area contributed by atoms with Crippen molar-refractivity contribution in [3.05, 3.63) is 35.6 Å². The topological polar surface area (TPSA) is 52.7 Å². The molecule has 1 fully saturated rings. The van der Waals surface area contributed by atoms with E-state index in [0.717, 1.165) is 5.56 Å². The number of hydrogen-bond donors (Lipinski definition) is 1. The van der Waals surface area contributed by atoms with Gasteiger partial charge in [-0.3, -0.25) is 14.5 Å². The van der Waals surface area contributed by atoms with Gasteiger partial charge < -0.3 is 10.2 Å². The average molecular weight is 335 g/mol. The van der Waals surface area contributed by atoms with E-state index < -0.39 is 0 Å². The van der Waals surface area contributed by atoms with Gasteiger partial charge in [0.25, 0.3) is 0 Å². The van der Waals surface area contributed by atoms with Crippen LogP contribution in [-0.2, 0) is 16.0 Å². The van der Waals surface area contributed by atoms with Crippen molar-refractivity contribution in [3.8, 4) is 0 Å². The van der Waals surface area contributed by atoms with E-state index in [1.165, 1.54) is 12.1 Å². The average Bonchev–Trinajstić information content (AvgIpc) is 2.52. The van der Waals surface area contributed by atoms with Gasteiger partial charge in [0.05, 0.1) is 12.6 Å². The predicted molar refractivity (Wildman–Crippen MR) is 90.9 cm³/mol. The summed E-state index contributed by atoms with van der Waals surface area (Å²) in [6.07, 6.45) is 0.654. The van der Waals surface area contributed by atoms with Crippen LogP contribution in [0.3, 0.4) is 0 Å². The lowest BCUT2D eigenvalue weighted by Crippen LogP contribution is -2.59. The van der Waals surface area contributed by atoms with Gasteiger partial charge in [0, 0.05) is 26.7 Å². The maximum Gasteiger partial charge on any atom is 0.239 e. The number of nitrogens with one attached hydrogen (secondary N) is 1. The van der Waals surface area contributed by atoms with Crippen molar-refractivity contribution in [3.63, 3.8) is 0 Å². The Labute approximate surface area is 142 Å². The number of rotatable bonds is 6. The number of piperazine rings is 1. The van der Waals surface area contributed by atoms with Crippen molar-refractivity contribution < 1.29 is 14.0 Å². The van der Waals surface area contributed by atoms with Crippen LogP contribution in [0, 0.1) is 11.7 Å². The molecule has 0 radical (unpaired) electrons. The first-order valence-corrected chi connectivity index (χ1v) is 8.38. The minimum Gasteiger partial charge on any atom is -0.355 e. The molecule has 1 aromatic rings. The Kier molecular flexibility index (Phi) is 6.31. The van der Waals surface area contributed by atoms with Crippen LogP contribution in [0.15, 0.2) is 24.3 Å². The van der Waals surface area contributed by atoms with E-state index in [-0.39, 0.29) is 36.1 Å². The molecule has 1 aliphatic heterocycles. The highest BCUT2D eigenvalue weighted by Gasteiger charge is 2.35. The summed E-state index contributed by atoms with van der Waals surface area (Å²) in [6.45, 7) is 6.08. The van der Waals surface area contributed by atoms with Gasteiger partial charge in [0.15, 0.2) is 0 Å². The molecular weight excluding hydrogens is 309 g/mol. The smallest absolute Gasteiger partial charge is 0.239 e. The summed E-state index contributed by atoms with van der Waals surface area (Å²) in [6, 6.07) is 6.03. The van der Waals surface area contributed by atoms with Crippen LogP contribution < -0.4 is 5.32 Å². The fourth-order valence-electron chi connectivity index (χ4n) is 3.03. The summed E-state index contributed by atoms with van der Waals surface area (Å²) in [4.78, 5) is 28.2. The van der Waals surface area contributed by atoms with E-state index in [1.807, 2.05) is 18.7 Å². The van der Waals surface area contributed by atoms with Gasteiger partial charge in [-0.25, -0.2) is 4.39 Å². The molecule has 132 valence electrons. The standard InChI is InChI=1S/C18H26FN3O2/c1-13(2)17-18(24)21(3)10-11-22(17)12-16(23)20-9-8-14-4-6-15(19)7-5-14/h4-7,13,17H,8-12H2,1-3H3,(H,20,23)/t17-/m0/s1. The highest BCUT2D eigenvalue weighted by molar-refractivity contribution is 5.84. The van der Waals surface area contributed by atoms with Gasteiger partial charge >= 0.3 is 0 Å². The first-order chi connectivity index (χ1) is 11.4. The maximum atomic E-state index is 12.9. The van der Waals surface area contributed by atoms with E-state index in [9.17, 15) is 14.0 Å². The molecule has 0 saturated carbocycles. The molecule has 5 nitrogen and oxygen atoms in total. The number of likely N-dealkylation sites (N-methyl/N-ethyl adjacent to an activating group) is 1. The predicted octanol–water partition coefficient (Wildman–Crippen LogP) is 1.28. The van der Waals surface area contributed by atoms with Crippen LogP contribution >= 0.6 is 0 Å². The van der Waals surface area contributed by atoms with E-state index in [2.05, 4.69) is 5.32 Å². The molecule has 1 N–H and O–H groups in total. The highest BCUT2D eigenvalue weighted by atomic mass is 19.1. The lowest BCUT2D eigenvalue weighted by Gasteiger charge is -2.40. The Hall–Kier alpha value is -1.95. The minimum atomic E-state index is -0.262. The van der Waals surface area contributed by atoms with Gasteiger partial charge in [-0.2, -0.15) is 0 Å². The van der Waals surface area contributed by atoms with Crippen molar-refractivity contribution in [2.45, 2.75) is 26.3 Å². The van der Waals surface area contributed by atoms with Crippen molar-refractivity contribution in [1.29, 1.82) is 0 Å². The molecule has 0 aliphatic carbocycles. The molecule has 0 aromatic heterocycles. The zero-order valence-corrected chi connectivity index (χ0v) is 14.6. The molecule has 2 rings (SSSR count). The van der Waals surface area contributed by atoms with E-state index in [4.69, 9.17) is 0 Å². The molecule has 0 spiro atoms. The Bertz CT molecular complexity index is 574. The summed E-state index contributed by atoms with van der Waals surface area (Å²) in [5, 5.41) is 2.88. The number of nitrogens with zero attached hydrogens (tertiary/aromatic N) is 2. The normalized spacial score (nSPS) is 19.0. The van der Waals surface area contributed by atoms with Crippen molar-refractivity contribution in [1.82, 2.24) is 15.1 Å². The first kappa shape index (κ1) is 18.4. The molecule has 0 bridgehead atoms.